The highest BCUT2D eigenvalue weighted by Crippen LogP contribution is 2.21. The molecule has 0 amide bonds. The van der Waals surface area contributed by atoms with E-state index >= 15 is 0 Å². The summed E-state index contributed by atoms with van der Waals surface area (Å²) in [5, 5.41) is 0. The maximum Gasteiger partial charge on any atom is 0.267 e. The van der Waals surface area contributed by atoms with Gasteiger partial charge in [0, 0.05) is 12.6 Å². The van der Waals surface area contributed by atoms with E-state index in [4.69, 9.17) is 0 Å². The average molecular weight is 265 g/mol. The van der Waals surface area contributed by atoms with Crippen molar-refractivity contribution in [1.82, 2.24) is 9.55 Å². The first-order chi connectivity index (χ1) is 7.20. The lowest BCUT2D eigenvalue weighted by Gasteiger charge is -2.04. The number of rotatable bonds is 1. The largest absolute Gasteiger partial charge is 0.301 e. The Hall–Kier alpha value is -1.42. The molecule has 0 unspecified atom stereocenters. The van der Waals surface area contributed by atoms with Crippen LogP contribution in [0.25, 0.3) is 11.3 Å². The quantitative estimate of drug-likeness (QED) is 0.792. The molecule has 0 fully saturated rings. The highest BCUT2D eigenvalue weighted by atomic mass is 79.9. The molecule has 0 spiro atoms. The van der Waals surface area contributed by atoms with Crippen LogP contribution < -0.4 is 5.56 Å². The van der Waals surface area contributed by atoms with Gasteiger partial charge in [-0.3, -0.25) is 4.79 Å². The summed E-state index contributed by atoms with van der Waals surface area (Å²) >= 11 is 3.27. The number of hydrogen-bond donors (Lipinski definition) is 0. The second-order valence-corrected chi connectivity index (χ2v) is 3.98. The maximum absolute atomic E-state index is 11.6. The van der Waals surface area contributed by atoms with Gasteiger partial charge >= 0.3 is 0 Å². The summed E-state index contributed by atoms with van der Waals surface area (Å²) in [6.07, 6.45) is 1.52. The van der Waals surface area contributed by atoms with Gasteiger partial charge in [-0.15, -0.1) is 0 Å². The fourth-order valence-corrected chi connectivity index (χ4v) is 1.92. The molecule has 0 bridgehead atoms. The molecule has 4 heteroatoms. The first kappa shape index (κ1) is 10.1. The smallest absolute Gasteiger partial charge is 0.267 e. The predicted octanol–water partition coefficient (Wildman–Crippen LogP) is 2.21. The van der Waals surface area contributed by atoms with Crippen LogP contribution >= 0.6 is 15.9 Å². The normalized spacial score (nSPS) is 10.3. The Balaban J connectivity index is 2.66. The third kappa shape index (κ3) is 1.85. The van der Waals surface area contributed by atoms with Crippen LogP contribution in [0.2, 0.25) is 0 Å². The maximum atomic E-state index is 11.6. The zero-order valence-electron chi connectivity index (χ0n) is 8.14. The van der Waals surface area contributed by atoms with Crippen molar-refractivity contribution in [3.8, 4) is 11.3 Å². The van der Waals surface area contributed by atoms with Crippen LogP contribution in [0.15, 0.2) is 45.9 Å². The van der Waals surface area contributed by atoms with Gasteiger partial charge in [0.15, 0.2) is 0 Å². The number of aryl methyl sites for hydroxylation is 1. The molecule has 0 aliphatic heterocycles. The number of benzene rings is 1. The topological polar surface area (TPSA) is 34.9 Å². The molecule has 0 aliphatic rings. The van der Waals surface area contributed by atoms with Crippen LogP contribution in [0.5, 0.6) is 0 Å². The second-order valence-electron chi connectivity index (χ2n) is 3.19. The first-order valence-corrected chi connectivity index (χ1v) is 5.26. The lowest BCUT2D eigenvalue weighted by Crippen LogP contribution is -2.18. The monoisotopic (exact) mass is 264 g/mol. The van der Waals surface area contributed by atoms with Crippen molar-refractivity contribution >= 4 is 15.9 Å². The highest BCUT2D eigenvalue weighted by Gasteiger charge is 2.08. The molecule has 0 N–H and O–H groups in total. The Morgan fingerprint density at radius 1 is 1.27 bits per heavy atom. The van der Waals surface area contributed by atoms with Crippen molar-refractivity contribution in [1.29, 1.82) is 0 Å². The van der Waals surface area contributed by atoms with Crippen LogP contribution in [0, 0.1) is 0 Å². The Morgan fingerprint density at radius 2 is 1.93 bits per heavy atom. The molecular formula is C11H9BrN2O. The standard InChI is InChI=1S/C11H9BrN2O/c1-14-7-13-10(9(12)11(14)15)8-5-3-2-4-6-8/h2-7H,1H3. The third-order valence-electron chi connectivity index (χ3n) is 2.12. The molecule has 0 saturated heterocycles. The van der Waals surface area contributed by atoms with E-state index in [1.54, 1.807) is 7.05 Å². The molecule has 3 nitrogen and oxygen atoms in total. The molecule has 1 aromatic heterocycles. The molecule has 1 aromatic carbocycles. The molecule has 0 saturated carbocycles. The fourth-order valence-electron chi connectivity index (χ4n) is 1.31. The van der Waals surface area contributed by atoms with Gasteiger partial charge in [0.25, 0.3) is 5.56 Å². The van der Waals surface area contributed by atoms with Crippen molar-refractivity contribution in [3.05, 3.63) is 51.5 Å². The van der Waals surface area contributed by atoms with Gasteiger partial charge in [0.05, 0.1) is 12.0 Å². The van der Waals surface area contributed by atoms with Crippen molar-refractivity contribution in [2.75, 3.05) is 0 Å². The van der Waals surface area contributed by atoms with Gasteiger partial charge < -0.3 is 4.57 Å². The Morgan fingerprint density at radius 3 is 2.60 bits per heavy atom. The van der Waals surface area contributed by atoms with Crippen molar-refractivity contribution < 1.29 is 0 Å². The van der Waals surface area contributed by atoms with E-state index in [-0.39, 0.29) is 5.56 Å². The fraction of sp³-hybridized carbons (Fsp3) is 0.0909. The average Bonchev–Trinajstić information content (AvgIpc) is 2.27. The number of halogens is 1. The third-order valence-corrected chi connectivity index (χ3v) is 2.84. The summed E-state index contributed by atoms with van der Waals surface area (Å²) in [5.74, 6) is 0. The van der Waals surface area contributed by atoms with E-state index in [0.717, 1.165) is 5.56 Å². The zero-order valence-corrected chi connectivity index (χ0v) is 9.73. The zero-order chi connectivity index (χ0) is 10.8. The summed E-state index contributed by atoms with van der Waals surface area (Å²) in [7, 11) is 1.68. The van der Waals surface area contributed by atoms with Crippen molar-refractivity contribution in [2.24, 2.45) is 7.05 Å². The molecule has 2 aromatic rings. The minimum Gasteiger partial charge on any atom is -0.301 e. The number of hydrogen-bond acceptors (Lipinski definition) is 2. The minimum atomic E-state index is -0.0798. The van der Waals surface area contributed by atoms with Crippen molar-refractivity contribution in [3.63, 3.8) is 0 Å². The summed E-state index contributed by atoms with van der Waals surface area (Å²) in [5.41, 5.74) is 1.53. The Labute approximate surface area is 95.5 Å². The molecule has 76 valence electrons. The van der Waals surface area contributed by atoms with Crippen molar-refractivity contribution in [2.45, 2.75) is 0 Å². The molecule has 15 heavy (non-hydrogen) atoms. The summed E-state index contributed by atoms with van der Waals surface area (Å²) in [6.45, 7) is 0. The number of aromatic nitrogens is 2. The molecular weight excluding hydrogens is 256 g/mol. The minimum absolute atomic E-state index is 0.0798. The summed E-state index contributed by atoms with van der Waals surface area (Å²) in [6, 6.07) is 9.61. The van der Waals surface area contributed by atoms with E-state index in [1.807, 2.05) is 30.3 Å². The van der Waals surface area contributed by atoms with Gasteiger partial charge in [0.1, 0.15) is 4.47 Å². The van der Waals surface area contributed by atoms with Crippen LogP contribution in [0.4, 0.5) is 0 Å². The molecule has 2 rings (SSSR count). The van der Waals surface area contributed by atoms with Gasteiger partial charge in [-0.05, 0) is 15.9 Å². The first-order valence-electron chi connectivity index (χ1n) is 4.46. The van der Waals surface area contributed by atoms with E-state index in [0.29, 0.717) is 10.2 Å². The lowest BCUT2D eigenvalue weighted by atomic mass is 10.1. The highest BCUT2D eigenvalue weighted by molar-refractivity contribution is 9.10. The second kappa shape index (κ2) is 3.98. The lowest BCUT2D eigenvalue weighted by molar-refractivity contribution is 0.819. The summed E-state index contributed by atoms with van der Waals surface area (Å²) < 4.78 is 1.94. The van der Waals surface area contributed by atoms with Gasteiger partial charge in [-0.1, -0.05) is 30.3 Å². The molecule has 0 aliphatic carbocycles. The van der Waals surface area contributed by atoms with Crippen LogP contribution in [-0.4, -0.2) is 9.55 Å². The number of nitrogens with zero attached hydrogens (tertiary/aromatic N) is 2. The van der Waals surface area contributed by atoms with Crippen LogP contribution in [0.1, 0.15) is 0 Å². The predicted molar refractivity (Wildman–Crippen MR) is 62.6 cm³/mol. The summed E-state index contributed by atoms with van der Waals surface area (Å²) in [4.78, 5) is 15.9. The van der Waals surface area contributed by atoms with E-state index in [1.165, 1.54) is 10.9 Å². The molecule has 1 heterocycles. The molecule has 0 radical (unpaired) electrons. The van der Waals surface area contributed by atoms with Gasteiger partial charge in [-0.25, -0.2) is 4.98 Å². The van der Waals surface area contributed by atoms with E-state index in [2.05, 4.69) is 20.9 Å². The van der Waals surface area contributed by atoms with Gasteiger partial charge in [-0.2, -0.15) is 0 Å². The van der Waals surface area contributed by atoms with Crippen LogP contribution in [0.3, 0.4) is 0 Å². The Bertz CT molecular complexity index is 534. The Kier molecular flexibility index (Phi) is 2.68. The van der Waals surface area contributed by atoms with E-state index < -0.39 is 0 Å². The SMILES string of the molecule is Cn1cnc(-c2ccccc2)c(Br)c1=O. The van der Waals surface area contributed by atoms with Crippen LogP contribution in [-0.2, 0) is 7.05 Å². The van der Waals surface area contributed by atoms with Gasteiger partial charge in [0.2, 0.25) is 0 Å². The van der Waals surface area contributed by atoms with E-state index in [9.17, 15) is 4.79 Å². The molecule has 0 atom stereocenters.